The average molecular weight is 167 g/mol. The monoisotopic (exact) mass is 167 g/mol. The zero-order valence-electron chi connectivity index (χ0n) is 6.67. The van der Waals surface area contributed by atoms with E-state index in [0.717, 1.165) is 23.4 Å². The van der Waals surface area contributed by atoms with Crippen LogP contribution in [0.5, 0.6) is 0 Å². The van der Waals surface area contributed by atoms with Crippen molar-refractivity contribution in [2.75, 3.05) is 5.73 Å². The summed E-state index contributed by atoms with van der Waals surface area (Å²) in [5.41, 5.74) is 7.75. The maximum absolute atomic E-state index is 5.67. The molecule has 1 nitrogen and oxygen atoms in total. The van der Waals surface area contributed by atoms with Gasteiger partial charge in [0.15, 0.2) is 0 Å². The quantitative estimate of drug-likeness (QED) is 0.513. The number of thiol groups is 1. The van der Waals surface area contributed by atoms with E-state index >= 15 is 0 Å². The Kier molecular flexibility index (Phi) is 2.83. The van der Waals surface area contributed by atoms with Crippen molar-refractivity contribution in [1.29, 1.82) is 0 Å². The molecule has 0 amide bonds. The molecule has 0 atom stereocenters. The summed E-state index contributed by atoms with van der Waals surface area (Å²) in [5, 5.41) is 0. The Balaban J connectivity index is 2.86. The SMILES string of the molecule is CCCc1ccc(S)c(N)c1. The molecule has 1 aromatic carbocycles. The lowest BCUT2D eigenvalue weighted by atomic mass is 10.1. The highest BCUT2D eigenvalue weighted by Gasteiger charge is 1.95. The number of anilines is 1. The molecule has 60 valence electrons. The van der Waals surface area contributed by atoms with E-state index in [4.69, 9.17) is 5.73 Å². The molecule has 0 aliphatic heterocycles. The van der Waals surface area contributed by atoms with Gasteiger partial charge in [-0.3, -0.25) is 0 Å². The molecule has 11 heavy (non-hydrogen) atoms. The normalized spacial score (nSPS) is 10.0. The first-order chi connectivity index (χ1) is 5.24. The molecule has 0 heterocycles. The average Bonchev–Trinajstić information content (AvgIpc) is 1.98. The van der Waals surface area contributed by atoms with E-state index in [1.807, 2.05) is 12.1 Å². The van der Waals surface area contributed by atoms with Gasteiger partial charge in [-0.1, -0.05) is 19.4 Å². The molecule has 0 unspecified atom stereocenters. The van der Waals surface area contributed by atoms with Crippen molar-refractivity contribution in [1.82, 2.24) is 0 Å². The molecule has 0 aliphatic rings. The van der Waals surface area contributed by atoms with E-state index < -0.39 is 0 Å². The summed E-state index contributed by atoms with van der Waals surface area (Å²) >= 11 is 4.19. The van der Waals surface area contributed by atoms with Gasteiger partial charge in [0.1, 0.15) is 0 Å². The highest BCUT2D eigenvalue weighted by Crippen LogP contribution is 2.18. The van der Waals surface area contributed by atoms with Gasteiger partial charge in [-0.05, 0) is 24.1 Å². The first-order valence-electron chi connectivity index (χ1n) is 3.81. The van der Waals surface area contributed by atoms with Crippen LogP contribution in [0, 0.1) is 0 Å². The molecule has 0 spiro atoms. The molecular weight excluding hydrogens is 154 g/mol. The minimum Gasteiger partial charge on any atom is -0.398 e. The van der Waals surface area contributed by atoms with Gasteiger partial charge in [0.25, 0.3) is 0 Å². The largest absolute Gasteiger partial charge is 0.398 e. The smallest absolute Gasteiger partial charge is 0.0452 e. The van der Waals surface area contributed by atoms with Gasteiger partial charge >= 0.3 is 0 Å². The molecule has 0 radical (unpaired) electrons. The second-order valence-electron chi connectivity index (χ2n) is 2.64. The van der Waals surface area contributed by atoms with Crippen LogP contribution >= 0.6 is 12.6 Å². The molecule has 2 heteroatoms. The fourth-order valence-corrected chi connectivity index (χ4v) is 1.19. The molecule has 1 rings (SSSR count). The Morgan fingerprint density at radius 1 is 1.45 bits per heavy atom. The molecule has 0 aromatic heterocycles. The van der Waals surface area contributed by atoms with Gasteiger partial charge in [0, 0.05) is 10.6 Å². The predicted octanol–water partition coefficient (Wildman–Crippen LogP) is 2.51. The van der Waals surface area contributed by atoms with Crippen molar-refractivity contribution < 1.29 is 0 Å². The van der Waals surface area contributed by atoms with Gasteiger partial charge in [-0.25, -0.2) is 0 Å². The minimum atomic E-state index is 0.777. The predicted molar refractivity (Wildman–Crippen MR) is 52.1 cm³/mol. The van der Waals surface area contributed by atoms with E-state index in [9.17, 15) is 0 Å². The molecule has 0 saturated heterocycles. The van der Waals surface area contributed by atoms with E-state index in [1.165, 1.54) is 5.56 Å². The number of hydrogen-bond acceptors (Lipinski definition) is 2. The number of nitrogens with two attached hydrogens (primary N) is 1. The van der Waals surface area contributed by atoms with Gasteiger partial charge in [0.05, 0.1) is 0 Å². The van der Waals surface area contributed by atoms with Crippen LogP contribution in [-0.4, -0.2) is 0 Å². The van der Waals surface area contributed by atoms with Crippen LogP contribution in [0.15, 0.2) is 23.1 Å². The Morgan fingerprint density at radius 3 is 2.73 bits per heavy atom. The third-order valence-electron chi connectivity index (χ3n) is 1.63. The second-order valence-corrected chi connectivity index (χ2v) is 3.12. The Hall–Kier alpha value is -0.630. The van der Waals surface area contributed by atoms with Crippen LogP contribution < -0.4 is 5.73 Å². The number of hydrogen-bond donors (Lipinski definition) is 2. The van der Waals surface area contributed by atoms with E-state index in [-0.39, 0.29) is 0 Å². The van der Waals surface area contributed by atoms with Crippen molar-refractivity contribution in [3.8, 4) is 0 Å². The molecule has 0 saturated carbocycles. The molecule has 1 aromatic rings. The lowest BCUT2D eigenvalue weighted by Crippen LogP contribution is -1.90. The van der Waals surface area contributed by atoms with Crippen LogP contribution in [0.1, 0.15) is 18.9 Å². The maximum Gasteiger partial charge on any atom is 0.0452 e. The summed E-state index contributed by atoms with van der Waals surface area (Å²) in [5.74, 6) is 0. The summed E-state index contributed by atoms with van der Waals surface area (Å²) in [6, 6.07) is 6.01. The van der Waals surface area contributed by atoms with Crippen LogP contribution in [0.2, 0.25) is 0 Å². The Bertz CT molecular complexity index is 245. The van der Waals surface area contributed by atoms with E-state index in [1.54, 1.807) is 0 Å². The van der Waals surface area contributed by atoms with Crippen molar-refractivity contribution in [2.45, 2.75) is 24.7 Å². The zero-order valence-corrected chi connectivity index (χ0v) is 7.57. The number of aryl methyl sites for hydroxylation is 1. The molecule has 0 aliphatic carbocycles. The Labute approximate surface area is 73.0 Å². The lowest BCUT2D eigenvalue weighted by Gasteiger charge is -2.02. The van der Waals surface area contributed by atoms with E-state index in [2.05, 4.69) is 25.6 Å². The molecule has 2 N–H and O–H groups in total. The van der Waals surface area contributed by atoms with Gasteiger partial charge in [-0.2, -0.15) is 0 Å². The fraction of sp³-hybridized carbons (Fsp3) is 0.333. The van der Waals surface area contributed by atoms with Crippen LogP contribution in [0.4, 0.5) is 5.69 Å². The first-order valence-corrected chi connectivity index (χ1v) is 4.26. The summed E-state index contributed by atoms with van der Waals surface area (Å²) in [6.45, 7) is 2.16. The summed E-state index contributed by atoms with van der Waals surface area (Å²) in [7, 11) is 0. The topological polar surface area (TPSA) is 26.0 Å². The second kappa shape index (κ2) is 3.67. The van der Waals surface area contributed by atoms with Crippen molar-refractivity contribution >= 4 is 18.3 Å². The summed E-state index contributed by atoms with van der Waals surface area (Å²) in [6.07, 6.45) is 2.25. The minimum absolute atomic E-state index is 0.777. The fourth-order valence-electron chi connectivity index (χ4n) is 1.05. The highest BCUT2D eigenvalue weighted by atomic mass is 32.1. The third kappa shape index (κ3) is 2.15. The zero-order chi connectivity index (χ0) is 8.27. The van der Waals surface area contributed by atoms with Crippen LogP contribution in [-0.2, 0) is 6.42 Å². The van der Waals surface area contributed by atoms with E-state index in [0.29, 0.717) is 0 Å². The van der Waals surface area contributed by atoms with Crippen LogP contribution in [0.25, 0.3) is 0 Å². The lowest BCUT2D eigenvalue weighted by molar-refractivity contribution is 0.921. The van der Waals surface area contributed by atoms with Gasteiger partial charge in [-0.15, -0.1) is 12.6 Å². The molecule has 0 bridgehead atoms. The molecule has 0 fully saturated rings. The maximum atomic E-state index is 5.67. The standard InChI is InChI=1S/C9H13NS/c1-2-3-7-4-5-9(11)8(10)6-7/h4-6,11H,2-3,10H2,1H3. The van der Waals surface area contributed by atoms with Crippen molar-refractivity contribution in [2.24, 2.45) is 0 Å². The van der Waals surface area contributed by atoms with Gasteiger partial charge in [0.2, 0.25) is 0 Å². The van der Waals surface area contributed by atoms with Gasteiger partial charge < -0.3 is 5.73 Å². The van der Waals surface area contributed by atoms with Crippen LogP contribution in [0.3, 0.4) is 0 Å². The number of benzene rings is 1. The van der Waals surface area contributed by atoms with Crippen molar-refractivity contribution in [3.05, 3.63) is 23.8 Å². The summed E-state index contributed by atoms with van der Waals surface area (Å²) < 4.78 is 0. The summed E-state index contributed by atoms with van der Waals surface area (Å²) in [4.78, 5) is 0.866. The number of rotatable bonds is 2. The van der Waals surface area contributed by atoms with Crippen molar-refractivity contribution in [3.63, 3.8) is 0 Å². The first kappa shape index (κ1) is 8.47. The highest BCUT2D eigenvalue weighted by molar-refractivity contribution is 7.80. The third-order valence-corrected chi connectivity index (χ3v) is 2.04. The molecular formula is C9H13NS. The number of nitrogen functional groups attached to an aromatic ring is 1. The Morgan fingerprint density at radius 2 is 2.18 bits per heavy atom.